The Morgan fingerprint density at radius 1 is 1.24 bits per heavy atom. The number of hydrogen-bond donors (Lipinski definition) is 1. The first kappa shape index (κ1) is 17.8. The normalized spacial score (nSPS) is 16.6. The van der Waals surface area contributed by atoms with E-state index in [9.17, 15) is 4.79 Å². The lowest BCUT2D eigenvalue weighted by Crippen LogP contribution is -2.39. The number of rotatable bonds is 6. The Kier molecular flexibility index (Phi) is 5.95. The van der Waals surface area contributed by atoms with Gasteiger partial charge in [-0.15, -0.1) is 0 Å². The quantitative estimate of drug-likeness (QED) is 0.861. The van der Waals surface area contributed by atoms with Gasteiger partial charge in [0.1, 0.15) is 12.4 Å². The minimum Gasteiger partial charge on any atom is -0.489 e. The maximum absolute atomic E-state index is 12.5. The number of ether oxygens (including phenoxy) is 1. The van der Waals surface area contributed by atoms with Gasteiger partial charge in [0.05, 0.1) is 6.42 Å². The van der Waals surface area contributed by atoms with Crippen LogP contribution in [0.5, 0.6) is 5.75 Å². The molecule has 2 aromatic rings. The average Bonchev–Trinajstić information content (AvgIpc) is 3.14. The summed E-state index contributed by atoms with van der Waals surface area (Å²) in [6.07, 6.45) is 1.41. The second-order valence-electron chi connectivity index (χ2n) is 6.39. The van der Waals surface area contributed by atoms with Crippen molar-refractivity contribution in [2.75, 3.05) is 20.1 Å². The summed E-state index contributed by atoms with van der Waals surface area (Å²) in [5, 5.41) is 3.99. The lowest BCUT2D eigenvalue weighted by atomic mass is 10.1. The van der Waals surface area contributed by atoms with Crippen molar-refractivity contribution >= 4 is 17.5 Å². The van der Waals surface area contributed by atoms with Gasteiger partial charge < -0.3 is 15.0 Å². The molecular formula is C20H23ClN2O2. The van der Waals surface area contributed by atoms with Crippen molar-refractivity contribution in [3.63, 3.8) is 0 Å². The van der Waals surface area contributed by atoms with E-state index >= 15 is 0 Å². The molecule has 5 heteroatoms. The third-order valence-corrected chi connectivity index (χ3v) is 4.76. The molecule has 1 aliphatic heterocycles. The molecule has 1 saturated heterocycles. The molecule has 0 saturated carbocycles. The summed E-state index contributed by atoms with van der Waals surface area (Å²) in [5.41, 5.74) is 1.98. The molecule has 2 aromatic carbocycles. The van der Waals surface area contributed by atoms with Crippen LogP contribution in [0.15, 0.2) is 48.5 Å². The van der Waals surface area contributed by atoms with Crippen LogP contribution in [0.25, 0.3) is 0 Å². The zero-order valence-corrected chi connectivity index (χ0v) is 15.1. The molecule has 0 spiro atoms. The molecule has 3 rings (SSSR count). The molecule has 0 aromatic heterocycles. The minimum atomic E-state index is 0.140. The molecule has 25 heavy (non-hydrogen) atoms. The number of halogens is 1. The number of benzene rings is 2. The summed E-state index contributed by atoms with van der Waals surface area (Å²) in [6, 6.07) is 15.6. The fraction of sp³-hybridized carbons (Fsp3) is 0.350. The van der Waals surface area contributed by atoms with Gasteiger partial charge in [-0.05, 0) is 48.4 Å². The monoisotopic (exact) mass is 358 g/mol. The molecule has 1 fully saturated rings. The Hall–Kier alpha value is -2.04. The van der Waals surface area contributed by atoms with Gasteiger partial charge in [-0.2, -0.15) is 0 Å². The smallest absolute Gasteiger partial charge is 0.227 e. The number of likely N-dealkylation sites (N-methyl/N-ethyl adjacent to an activating group) is 1. The summed E-state index contributed by atoms with van der Waals surface area (Å²) in [6.45, 7) is 2.31. The van der Waals surface area contributed by atoms with Crippen molar-refractivity contribution in [3.05, 3.63) is 64.7 Å². The molecule has 1 atom stereocenters. The van der Waals surface area contributed by atoms with Gasteiger partial charge in [0, 0.05) is 24.7 Å². The van der Waals surface area contributed by atoms with Crippen LogP contribution in [-0.4, -0.2) is 37.0 Å². The lowest BCUT2D eigenvalue weighted by Gasteiger charge is -2.23. The van der Waals surface area contributed by atoms with Crippen LogP contribution in [0.1, 0.15) is 17.5 Å². The molecule has 0 radical (unpaired) electrons. The highest BCUT2D eigenvalue weighted by Crippen LogP contribution is 2.18. The van der Waals surface area contributed by atoms with E-state index in [-0.39, 0.29) is 5.91 Å². The van der Waals surface area contributed by atoms with Crippen LogP contribution < -0.4 is 10.1 Å². The van der Waals surface area contributed by atoms with E-state index in [0.29, 0.717) is 24.1 Å². The van der Waals surface area contributed by atoms with Gasteiger partial charge in [-0.25, -0.2) is 0 Å². The van der Waals surface area contributed by atoms with Crippen molar-refractivity contribution in [2.45, 2.75) is 25.5 Å². The van der Waals surface area contributed by atoms with Gasteiger partial charge in [0.25, 0.3) is 0 Å². The average molecular weight is 359 g/mol. The highest BCUT2D eigenvalue weighted by atomic mass is 35.5. The van der Waals surface area contributed by atoms with E-state index in [1.807, 2.05) is 60.5 Å². The van der Waals surface area contributed by atoms with E-state index in [1.165, 1.54) is 0 Å². The van der Waals surface area contributed by atoms with Crippen LogP contribution in [0, 0.1) is 0 Å². The molecule has 0 aliphatic carbocycles. The van der Waals surface area contributed by atoms with Crippen LogP contribution in [0.3, 0.4) is 0 Å². The van der Waals surface area contributed by atoms with Crippen LogP contribution in [0.2, 0.25) is 5.02 Å². The molecule has 0 bridgehead atoms. The van der Waals surface area contributed by atoms with E-state index in [0.717, 1.165) is 36.4 Å². The van der Waals surface area contributed by atoms with Crippen molar-refractivity contribution in [1.82, 2.24) is 10.2 Å². The lowest BCUT2D eigenvalue weighted by molar-refractivity contribution is -0.130. The predicted octanol–water partition coefficient (Wildman–Crippen LogP) is 3.28. The van der Waals surface area contributed by atoms with Gasteiger partial charge in [-0.3, -0.25) is 4.79 Å². The summed E-state index contributed by atoms with van der Waals surface area (Å²) in [4.78, 5) is 14.3. The predicted molar refractivity (Wildman–Crippen MR) is 100.0 cm³/mol. The molecule has 1 heterocycles. The number of hydrogen-bond acceptors (Lipinski definition) is 3. The largest absolute Gasteiger partial charge is 0.489 e. The minimum absolute atomic E-state index is 0.140. The maximum atomic E-state index is 12.5. The number of carbonyl (C=O) groups is 1. The van der Waals surface area contributed by atoms with Crippen LogP contribution in [-0.2, 0) is 17.8 Å². The second-order valence-corrected chi connectivity index (χ2v) is 6.83. The third-order valence-electron chi connectivity index (χ3n) is 4.52. The standard InChI is InChI=1S/C20H23ClN2O2/c1-23(18-8-9-22-13-18)20(24)12-15-4-3-7-19(11-15)25-14-16-5-2-6-17(21)10-16/h2-7,10-11,18,22H,8-9,12-14H2,1H3. The van der Waals surface area contributed by atoms with Gasteiger partial charge in [-0.1, -0.05) is 35.9 Å². The molecule has 4 nitrogen and oxygen atoms in total. The topological polar surface area (TPSA) is 41.6 Å². The zero-order valence-electron chi connectivity index (χ0n) is 14.4. The highest BCUT2D eigenvalue weighted by molar-refractivity contribution is 6.30. The zero-order chi connectivity index (χ0) is 17.6. The Bertz CT molecular complexity index is 729. The molecular weight excluding hydrogens is 336 g/mol. The van der Waals surface area contributed by atoms with E-state index in [1.54, 1.807) is 0 Å². The summed E-state index contributed by atoms with van der Waals surface area (Å²) < 4.78 is 5.84. The Labute approximate surface area is 153 Å². The highest BCUT2D eigenvalue weighted by Gasteiger charge is 2.23. The molecule has 1 N–H and O–H groups in total. The summed E-state index contributed by atoms with van der Waals surface area (Å²) in [5.74, 6) is 0.899. The molecule has 1 amide bonds. The Morgan fingerprint density at radius 3 is 2.80 bits per heavy atom. The number of nitrogens with one attached hydrogen (secondary N) is 1. The first-order valence-corrected chi connectivity index (χ1v) is 8.92. The van der Waals surface area contributed by atoms with Crippen molar-refractivity contribution in [3.8, 4) is 5.75 Å². The van der Waals surface area contributed by atoms with Gasteiger partial charge >= 0.3 is 0 Å². The first-order valence-electron chi connectivity index (χ1n) is 8.54. The number of amides is 1. The molecule has 1 aliphatic rings. The Morgan fingerprint density at radius 2 is 2.04 bits per heavy atom. The fourth-order valence-electron chi connectivity index (χ4n) is 3.01. The number of nitrogens with zero attached hydrogens (tertiary/aromatic N) is 1. The molecule has 1 unspecified atom stereocenters. The number of carbonyl (C=O) groups excluding carboxylic acids is 1. The summed E-state index contributed by atoms with van der Waals surface area (Å²) >= 11 is 5.99. The van der Waals surface area contributed by atoms with Crippen LogP contribution >= 0.6 is 11.6 Å². The van der Waals surface area contributed by atoms with E-state index in [4.69, 9.17) is 16.3 Å². The summed E-state index contributed by atoms with van der Waals surface area (Å²) in [7, 11) is 1.89. The first-order chi connectivity index (χ1) is 12.1. The fourth-order valence-corrected chi connectivity index (χ4v) is 3.22. The van der Waals surface area contributed by atoms with E-state index in [2.05, 4.69) is 5.32 Å². The maximum Gasteiger partial charge on any atom is 0.227 e. The van der Waals surface area contributed by atoms with Gasteiger partial charge in [0.15, 0.2) is 0 Å². The van der Waals surface area contributed by atoms with Crippen LogP contribution in [0.4, 0.5) is 0 Å². The van der Waals surface area contributed by atoms with Crippen molar-refractivity contribution < 1.29 is 9.53 Å². The Balaban J connectivity index is 1.58. The molecule has 132 valence electrons. The van der Waals surface area contributed by atoms with Crippen molar-refractivity contribution in [1.29, 1.82) is 0 Å². The van der Waals surface area contributed by atoms with Gasteiger partial charge in [0.2, 0.25) is 5.91 Å². The SMILES string of the molecule is CN(C(=O)Cc1cccc(OCc2cccc(Cl)c2)c1)C1CCNC1. The second kappa shape index (κ2) is 8.37. The van der Waals surface area contributed by atoms with Crippen molar-refractivity contribution in [2.24, 2.45) is 0 Å². The third kappa shape index (κ3) is 4.97. The van der Waals surface area contributed by atoms with E-state index < -0.39 is 0 Å².